The molecule has 19 heavy (non-hydrogen) atoms. The van der Waals surface area contributed by atoms with Gasteiger partial charge in [0.25, 0.3) is 5.91 Å². The van der Waals surface area contributed by atoms with E-state index in [0.29, 0.717) is 6.42 Å². The molecule has 0 bridgehead atoms. The number of halogens is 2. The molecular weight excluding hydrogens is 291 g/mol. The third kappa shape index (κ3) is 5.04. The van der Waals surface area contributed by atoms with Crippen LogP contribution in [0.1, 0.15) is 37.0 Å². The first-order valence-electron chi connectivity index (χ1n) is 5.57. The van der Waals surface area contributed by atoms with Gasteiger partial charge in [-0.05, 0) is 32.4 Å². The van der Waals surface area contributed by atoms with Crippen molar-refractivity contribution >= 4 is 35.1 Å². The maximum absolute atomic E-state index is 12.0. The molecule has 0 aromatic carbocycles. The molecule has 0 spiro atoms. The molecule has 0 radical (unpaired) electrons. The molecule has 0 aliphatic heterocycles. The molecular formula is C12H14Cl2N2O3. The Morgan fingerprint density at radius 1 is 1.37 bits per heavy atom. The summed E-state index contributed by atoms with van der Waals surface area (Å²) in [5, 5.41) is 11.6. The molecule has 104 valence electrons. The van der Waals surface area contributed by atoms with Gasteiger partial charge in [0, 0.05) is 12.0 Å². The van der Waals surface area contributed by atoms with Gasteiger partial charge in [0.05, 0.1) is 5.56 Å². The lowest BCUT2D eigenvalue weighted by Gasteiger charge is -2.25. The zero-order valence-corrected chi connectivity index (χ0v) is 12.0. The minimum absolute atomic E-state index is 0.0130. The third-order valence-corrected chi connectivity index (χ3v) is 2.97. The van der Waals surface area contributed by atoms with Crippen LogP contribution < -0.4 is 5.32 Å². The second kappa shape index (κ2) is 6.21. The molecule has 0 saturated heterocycles. The number of pyridine rings is 1. The summed E-state index contributed by atoms with van der Waals surface area (Å²) in [6.45, 7) is 3.48. The SMILES string of the molecule is CC(C)(CCC(=O)O)NC(=O)c1ccc(Cl)nc1Cl. The predicted octanol–water partition coefficient (Wildman–Crippen LogP) is 2.76. The zero-order valence-electron chi connectivity index (χ0n) is 10.5. The minimum atomic E-state index is -0.909. The Morgan fingerprint density at radius 3 is 2.53 bits per heavy atom. The summed E-state index contributed by atoms with van der Waals surface area (Å²) in [6, 6.07) is 2.94. The zero-order chi connectivity index (χ0) is 14.6. The van der Waals surface area contributed by atoms with Gasteiger partial charge in [-0.15, -0.1) is 0 Å². The Kier molecular flexibility index (Phi) is 5.14. The van der Waals surface area contributed by atoms with Crippen LogP contribution in [0.5, 0.6) is 0 Å². The van der Waals surface area contributed by atoms with Crippen LogP contribution in [-0.2, 0) is 4.79 Å². The van der Waals surface area contributed by atoms with E-state index in [4.69, 9.17) is 28.3 Å². The minimum Gasteiger partial charge on any atom is -0.481 e. The van der Waals surface area contributed by atoms with Crippen molar-refractivity contribution in [2.24, 2.45) is 0 Å². The Labute approximate surface area is 120 Å². The molecule has 2 N–H and O–H groups in total. The number of rotatable bonds is 5. The number of aromatic nitrogens is 1. The Hall–Kier alpha value is -1.33. The molecule has 0 unspecified atom stereocenters. The van der Waals surface area contributed by atoms with E-state index in [1.807, 2.05) is 0 Å². The summed E-state index contributed by atoms with van der Waals surface area (Å²) in [4.78, 5) is 26.3. The molecule has 1 aromatic rings. The third-order valence-electron chi connectivity index (χ3n) is 2.48. The van der Waals surface area contributed by atoms with Gasteiger partial charge in [0.2, 0.25) is 0 Å². The van der Waals surface area contributed by atoms with E-state index in [1.54, 1.807) is 13.8 Å². The number of hydrogen-bond donors (Lipinski definition) is 2. The van der Waals surface area contributed by atoms with E-state index < -0.39 is 17.4 Å². The second-order valence-electron chi connectivity index (χ2n) is 4.70. The number of nitrogens with zero attached hydrogens (tertiary/aromatic N) is 1. The van der Waals surface area contributed by atoms with Gasteiger partial charge < -0.3 is 10.4 Å². The van der Waals surface area contributed by atoms with Crippen molar-refractivity contribution in [3.63, 3.8) is 0 Å². The van der Waals surface area contributed by atoms with Crippen molar-refractivity contribution in [3.8, 4) is 0 Å². The lowest BCUT2D eigenvalue weighted by Crippen LogP contribution is -2.43. The van der Waals surface area contributed by atoms with Crippen LogP contribution in [-0.4, -0.2) is 27.5 Å². The van der Waals surface area contributed by atoms with Gasteiger partial charge in [-0.1, -0.05) is 23.2 Å². The smallest absolute Gasteiger partial charge is 0.303 e. The van der Waals surface area contributed by atoms with Crippen molar-refractivity contribution in [1.82, 2.24) is 10.3 Å². The van der Waals surface area contributed by atoms with E-state index in [9.17, 15) is 9.59 Å². The van der Waals surface area contributed by atoms with E-state index in [0.717, 1.165) is 0 Å². The number of hydrogen-bond acceptors (Lipinski definition) is 3. The summed E-state index contributed by atoms with van der Waals surface area (Å²) >= 11 is 11.5. The highest BCUT2D eigenvalue weighted by Crippen LogP contribution is 2.18. The van der Waals surface area contributed by atoms with E-state index in [2.05, 4.69) is 10.3 Å². The first-order chi connectivity index (χ1) is 8.71. The first-order valence-corrected chi connectivity index (χ1v) is 6.33. The molecule has 1 rings (SSSR count). The molecule has 0 aliphatic carbocycles. The fourth-order valence-corrected chi connectivity index (χ4v) is 1.87. The lowest BCUT2D eigenvalue weighted by molar-refractivity contribution is -0.137. The van der Waals surface area contributed by atoms with Crippen molar-refractivity contribution in [1.29, 1.82) is 0 Å². The van der Waals surface area contributed by atoms with E-state index >= 15 is 0 Å². The maximum atomic E-state index is 12.0. The van der Waals surface area contributed by atoms with Crippen LogP contribution in [0.15, 0.2) is 12.1 Å². The first kappa shape index (κ1) is 15.7. The average Bonchev–Trinajstić information content (AvgIpc) is 2.25. The molecule has 0 saturated carbocycles. The molecule has 0 atom stereocenters. The van der Waals surface area contributed by atoms with Gasteiger partial charge in [-0.2, -0.15) is 0 Å². The van der Waals surface area contributed by atoms with Crippen LogP contribution in [0.25, 0.3) is 0 Å². The molecule has 1 amide bonds. The van der Waals surface area contributed by atoms with Gasteiger partial charge in [0.15, 0.2) is 0 Å². The van der Waals surface area contributed by atoms with Crippen molar-refractivity contribution < 1.29 is 14.7 Å². The highest BCUT2D eigenvalue weighted by atomic mass is 35.5. The highest BCUT2D eigenvalue weighted by Gasteiger charge is 2.23. The number of carboxylic acids is 1. The maximum Gasteiger partial charge on any atom is 0.303 e. The lowest BCUT2D eigenvalue weighted by atomic mass is 9.98. The number of carbonyl (C=O) groups is 2. The predicted molar refractivity (Wildman–Crippen MR) is 72.7 cm³/mol. The van der Waals surface area contributed by atoms with Crippen molar-refractivity contribution in [3.05, 3.63) is 28.0 Å². The monoisotopic (exact) mass is 304 g/mol. The van der Waals surface area contributed by atoms with Crippen LogP contribution in [0.2, 0.25) is 10.3 Å². The van der Waals surface area contributed by atoms with Crippen LogP contribution in [0, 0.1) is 0 Å². The Balaban J connectivity index is 2.75. The fourth-order valence-electron chi connectivity index (χ4n) is 1.44. The molecule has 7 heteroatoms. The van der Waals surface area contributed by atoms with Crippen molar-refractivity contribution in [2.45, 2.75) is 32.2 Å². The van der Waals surface area contributed by atoms with Crippen LogP contribution in [0.3, 0.4) is 0 Å². The molecule has 0 aliphatic rings. The summed E-state index contributed by atoms with van der Waals surface area (Å²) in [6.07, 6.45) is 0.284. The quantitative estimate of drug-likeness (QED) is 0.820. The van der Waals surface area contributed by atoms with E-state index in [-0.39, 0.29) is 22.3 Å². The standard InChI is InChI=1S/C12H14Cl2N2O3/c1-12(2,6-5-9(17)18)16-11(19)7-3-4-8(13)15-10(7)14/h3-4H,5-6H2,1-2H3,(H,16,19)(H,17,18). The molecule has 1 heterocycles. The number of aliphatic carboxylic acids is 1. The highest BCUT2D eigenvalue weighted by molar-refractivity contribution is 6.34. The van der Waals surface area contributed by atoms with E-state index in [1.165, 1.54) is 12.1 Å². The molecule has 5 nitrogen and oxygen atoms in total. The largest absolute Gasteiger partial charge is 0.481 e. The van der Waals surface area contributed by atoms with Gasteiger partial charge in [0.1, 0.15) is 10.3 Å². The Morgan fingerprint density at radius 2 is 2.00 bits per heavy atom. The van der Waals surface area contributed by atoms with Crippen LogP contribution >= 0.6 is 23.2 Å². The fraction of sp³-hybridized carbons (Fsp3) is 0.417. The average molecular weight is 305 g/mol. The number of carboxylic acid groups (broad SMARTS) is 1. The number of amides is 1. The summed E-state index contributed by atoms with van der Waals surface area (Å²) in [7, 11) is 0. The number of nitrogens with one attached hydrogen (secondary N) is 1. The Bertz CT molecular complexity index is 504. The topological polar surface area (TPSA) is 79.3 Å². The van der Waals surface area contributed by atoms with Crippen LogP contribution in [0.4, 0.5) is 0 Å². The summed E-state index contributed by atoms with van der Waals surface area (Å²) in [5.41, 5.74) is -0.451. The number of carbonyl (C=O) groups excluding carboxylic acids is 1. The molecule has 0 fully saturated rings. The normalized spacial score (nSPS) is 11.2. The summed E-state index contributed by atoms with van der Waals surface area (Å²) < 4.78 is 0. The van der Waals surface area contributed by atoms with Crippen molar-refractivity contribution in [2.75, 3.05) is 0 Å². The summed E-state index contributed by atoms with van der Waals surface area (Å²) in [5.74, 6) is -1.32. The molecule has 1 aromatic heterocycles. The van der Waals surface area contributed by atoms with Gasteiger partial charge >= 0.3 is 5.97 Å². The second-order valence-corrected chi connectivity index (χ2v) is 5.45. The van der Waals surface area contributed by atoms with Gasteiger partial charge in [-0.3, -0.25) is 9.59 Å². The van der Waals surface area contributed by atoms with Gasteiger partial charge in [-0.25, -0.2) is 4.98 Å².